The van der Waals surface area contributed by atoms with E-state index in [0.29, 0.717) is 0 Å². The van der Waals surface area contributed by atoms with Gasteiger partial charge in [0.25, 0.3) is 5.82 Å². The average molecular weight is 658 g/mol. The van der Waals surface area contributed by atoms with Gasteiger partial charge >= 0.3 is 0 Å². The normalized spacial score (nSPS) is 11.6. The minimum Gasteiger partial charge on any atom is -0.234 e. The van der Waals surface area contributed by atoms with Crippen LogP contribution in [0, 0.1) is 0 Å². The summed E-state index contributed by atoms with van der Waals surface area (Å²) in [7, 11) is 0. The number of unbranched alkanes of at least 4 members (excludes halogenated alkanes) is 33. The van der Waals surface area contributed by atoms with Crippen molar-refractivity contribution in [2.45, 2.75) is 271 Å². The van der Waals surface area contributed by atoms with Gasteiger partial charge in [0.2, 0.25) is 0 Å². The first-order chi connectivity index (χ1) is 23.3. The molecule has 1 rings (SSSR count). The van der Waals surface area contributed by atoms with Crippen LogP contribution in [0.15, 0.2) is 12.4 Å². The van der Waals surface area contributed by atoms with E-state index in [9.17, 15) is 0 Å². The summed E-state index contributed by atoms with van der Waals surface area (Å²) in [6, 6.07) is 0. The smallest absolute Gasteiger partial charge is 0.234 e. The molecule has 47 heavy (non-hydrogen) atoms. The Kier molecular flexibility index (Phi) is 34.3. The van der Waals surface area contributed by atoms with Crippen LogP contribution in [0.2, 0.25) is 0 Å². The van der Waals surface area contributed by atoms with Gasteiger partial charge < -0.3 is 0 Å². The van der Waals surface area contributed by atoms with Crippen LogP contribution in [0.3, 0.4) is 0 Å². The number of nitrogens with zero attached hydrogens (tertiary/aromatic N) is 2. The Morgan fingerprint density at radius 3 is 1.02 bits per heavy atom. The molecule has 0 spiro atoms. The van der Waals surface area contributed by atoms with Crippen molar-refractivity contribution in [3.8, 4) is 0 Å². The van der Waals surface area contributed by atoms with Crippen molar-refractivity contribution in [1.82, 2.24) is 4.57 Å². The predicted octanol–water partition coefficient (Wildman–Crippen LogP) is 15.4. The van der Waals surface area contributed by atoms with Crippen LogP contribution < -0.4 is 4.57 Å². The van der Waals surface area contributed by atoms with E-state index < -0.39 is 0 Å². The summed E-state index contributed by atoms with van der Waals surface area (Å²) in [5.74, 6) is 1.63. The van der Waals surface area contributed by atoms with Gasteiger partial charge in [0, 0.05) is 6.42 Å². The molecule has 0 aliphatic rings. The van der Waals surface area contributed by atoms with Crippen LogP contribution >= 0.6 is 0 Å². The number of imidazole rings is 1. The van der Waals surface area contributed by atoms with Gasteiger partial charge in [0.05, 0.1) is 13.1 Å². The van der Waals surface area contributed by atoms with E-state index in [1.165, 1.54) is 251 Å². The maximum atomic E-state index is 2.65. The molecule has 0 unspecified atom stereocenters. The molecule has 1 aromatic heterocycles. The molecule has 0 saturated carbocycles. The summed E-state index contributed by atoms with van der Waals surface area (Å²) in [5.41, 5.74) is 0. The highest BCUT2D eigenvalue weighted by Gasteiger charge is 2.16. The Balaban J connectivity index is 2.28. The molecule has 1 heterocycles. The minimum atomic E-state index is 1.23. The molecule has 0 aliphatic carbocycles. The molecule has 1 aromatic rings. The Labute approximate surface area is 298 Å². The Hall–Kier alpha value is -0.790. The molecular weight excluding hydrogens is 569 g/mol. The van der Waals surface area contributed by atoms with Crippen molar-refractivity contribution in [2.75, 3.05) is 0 Å². The van der Waals surface area contributed by atoms with Crippen molar-refractivity contribution in [3.05, 3.63) is 18.2 Å². The number of rotatable bonds is 39. The van der Waals surface area contributed by atoms with Gasteiger partial charge in [0.1, 0.15) is 12.4 Å². The van der Waals surface area contributed by atoms with Gasteiger partial charge in [0.15, 0.2) is 0 Å². The fourth-order valence-electron chi connectivity index (χ4n) is 7.56. The van der Waals surface area contributed by atoms with Crippen molar-refractivity contribution in [1.29, 1.82) is 0 Å². The lowest BCUT2D eigenvalue weighted by Crippen LogP contribution is -2.37. The average Bonchev–Trinajstić information content (AvgIpc) is 3.47. The first kappa shape index (κ1) is 44.2. The highest BCUT2D eigenvalue weighted by molar-refractivity contribution is 4.84. The lowest BCUT2D eigenvalue weighted by Gasteiger charge is -2.07. The molecular formula is C45H89N2+. The van der Waals surface area contributed by atoms with E-state index >= 15 is 0 Å². The predicted molar refractivity (Wildman–Crippen MR) is 212 cm³/mol. The molecule has 2 nitrogen and oxygen atoms in total. The van der Waals surface area contributed by atoms with Gasteiger partial charge in [-0.2, -0.15) is 0 Å². The van der Waals surface area contributed by atoms with Gasteiger partial charge in [-0.15, -0.1) is 0 Å². The number of hydrogen-bond donors (Lipinski definition) is 0. The van der Waals surface area contributed by atoms with E-state index in [1.807, 2.05) is 0 Å². The zero-order chi connectivity index (χ0) is 33.7. The highest BCUT2D eigenvalue weighted by Crippen LogP contribution is 2.16. The second-order valence-electron chi connectivity index (χ2n) is 15.5. The third-order valence-corrected chi connectivity index (χ3v) is 10.8. The monoisotopic (exact) mass is 658 g/mol. The SMILES string of the molecule is CCCCCCCCCCCCCCCC[n+]1ccn(CCCCCCCCCCCC)c1CCCCCCCCCCCCCC. The molecule has 0 aromatic carbocycles. The summed E-state index contributed by atoms with van der Waals surface area (Å²) in [6.45, 7) is 9.41. The summed E-state index contributed by atoms with van der Waals surface area (Å²) >= 11 is 0. The third kappa shape index (κ3) is 28.7. The Bertz CT molecular complexity index is 722. The molecule has 0 N–H and O–H groups in total. The van der Waals surface area contributed by atoms with Crippen LogP contribution in [-0.2, 0) is 19.5 Å². The van der Waals surface area contributed by atoms with Crippen LogP contribution in [-0.4, -0.2) is 4.57 Å². The summed E-state index contributed by atoms with van der Waals surface area (Å²) < 4.78 is 5.29. The van der Waals surface area contributed by atoms with E-state index in [1.54, 1.807) is 5.82 Å². The third-order valence-electron chi connectivity index (χ3n) is 10.8. The van der Waals surface area contributed by atoms with Crippen LogP contribution in [0.4, 0.5) is 0 Å². The van der Waals surface area contributed by atoms with Crippen LogP contribution in [0.25, 0.3) is 0 Å². The van der Waals surface area contributed by atoms with E-state index in [4.69, 9.17) is 0 Å². The largest absolute Gasteiger partial charge is 0.256 e. The van der Waals surface area contributed by atoms with Crippen molar-refractivity contribution in [2.24, 2.45) is 0 Å². The molecule has 0 atom stereocenters. The first-order valence-electron chi connectivity index (χ1n) is 22.4. The zero-order valence-corrected chi connectivity index (χ0v) is 33.1. The first-order valence-corrected chi connectivity index (χ1v) is 22.4. The molecule has 0 saturated heterocycles. The standard InChI is InChI=1S/C45H89N2/c1-4-7-10-13-16-19-22-24-25-27-30-33-36-39-42-47-44-43-46(41-38-35-32-29-21-18-15-12-9-6-3)45(47)40-37-34-31-28-26-23-20-17-14-11-8-5-2/h43-44H,4-42H2,1-3H3/q+1. The van der Waals surface area contributed by atoms with Gasteiger partial charge in [-0.25, -0.2) is 9.13 Å². The number of aromatic nitrogens is 2. The maximum absolute atomic E-state index is 2.65. The number of hydrogen-bond acceptors (Lipinski definition) is 0. The lowest BCUT2D eigenvalue weighted by molar-refractivity contribution is -0.704. The van der Waals surface area contributed by atoms with Crippen LogP contribution in [0.5, 0.6) is 0 Å². The summed E-state index contributed by atoms with van der Waals surface area (Å²) in [4.78, 5) is 0. The summed E-state index contributed by atoms with van der Waals surface area (Å²) in [5, 5.41) is 0. The molecule has 0 amide bonds. The summed E-state index contributed by atoms with van der Waals surface area (Å²) in [6.07, 6.45) is 57.8. The minimum absolute atomic E-state index is 1.23. The fourth-order valence-corrected chi connectivity index (χ4v) is 7.56. The molecule has 0 aliphatic heterocycles. The maximum Gasteiger partial charge on any atom is 0.256 e. The number of aryl methyl sites for hydroxylation is 2. The molecule has 0 bridgehead atoms. The fraction of sp³-hybridized carbons (Fsp3) is 0.933. The molecule has 278 valence electrons. The highest BCUT2D eigenvalue weighted by atomic mass is 15.1. The molecule has 0 fully saturated rings. The van der Waals surface area contributed by atoms with E-state index in [-0.39, 0.29) is 0 Å². The molecule has 2 heteroatoms. The van der Waals surface area contributed by atoms with Gasteiger partial charge in [-0.05, 0) is 32.1 Å². The van der Waals surface area contributed by atoms with E-state index in [0.717, 1.165) is 0 Å². The van der Waals surface area contributed by atoms with Gasteiger partial charge in [-0.3, -0.25) is 0 Å². The quantitative estimate of drug-likeness (QED) is 0.0492. The Morgan fingerprint density at radius 2 is 0.660 bits per heavy atom. The lowest BCUT2D eigenvalue weighted by atomic mass is 10.0. The zero-order valence-electron chi connectivity index (χ0n) is 33.1. The topological polar surface area (TPSA) is 8.81 Å². The van der Waals surface area contributed by atoms with Crippen LogP contribution in [0.1, 0.15) is 258 Å². The second kappa shape index (κ2) is 36.5. The van der Waals surface area contributed by atoms with E-state index in [2.05, 4.69) is 42.3 Å². The van der Waals surface area contributed by atoms with Gasteiger partial charge in [-0.1, -0.05) is 220 Å². The van der Waals surface area contributed by atoms with Crippen molar-refractivity contribution >= 4 is 0 Å². The molecule has 0 radical (unpaired) electrons. The van der Waals surface area contributed by atoms with Crippen molar-refractivity contribution < 1.29 is 4.57 Å². The Morgan fingerprint density at radius 1 is 0.362 bits per heavy atom. The van der Waals surface area contributed by atoms with Crippen molar-refractivity contribution in [3.63, 3.8) is 0 Å². The second-order valence-corrected chi connectivity index (χ2v) is 15.5.